The molecular formula is C15H11ClF2O. The zero-order valence-electron chi connectivity index (χ0n) is 10.00. The first-order chi connectivity index (χ1) is 9.06. The van der Waals surface area contributed by atoms with Crippen LogP contribution in [0.25, 0.3) is 0 Å². The van der Waals surface area contributed by atoms with Gasteiger partial charge in [0.15, 0.2) is 5.78 Å². The third kappa shape index (κ3) is 3.61. The molecule has 1 nitrogen and oxygen atoms in total. The zero-order valence-corrected chi connectivity index (χ0v) is 10.8. The molecule has 0 radical (unpaired) electrons. The van der Waals surface area contributed by atoms with Crippen molar-refractivity contribution in [3.8, 4) is 0 Å². The van der Waals surface area contributed by atoms with Gasteiger partial charge < -0.3 is 0 Å². The van der Waals surface area contributed by atoms with Crippen molar-refractivity contribution in [3.63, 3.8) is 0 Å². The standard InChI is InChI=1S/C15H11ClF2O/c16-14-9-12(18)6-7-13(14)15(19)8-3-10-1-4-11(17)5-2-10/h1-2,4-7,9H,3,8H2. The van der Waals surface area contributed by atoms with E-state index in [0.29, 0.717) is 12.0 Å². The molecule has 0 aliphatic rings. The number of carbonyl (C=O) groups excluding carboxylic acids is 1. The van der Waals surface area contributed by atoms with Crippen LogP contribution in [0.2, 0.25) is 5.02 Å². The average Bonchev–Trinajstić information content (AvgIpc) is 2.37. The molecule has 0 bridgehead atoms. The number of hydrogen-bond acceptors (Lipinski definition) is 1. The van der Waals surface area contributed by atoms with Gasteiger partial charge in [0, 0.05) is 12.0 Å². The first kappa shape index (κ1) is 13.7. The van der Waals surface area contributed by atoms with Crippen LogP contribution < -0.4 is 0 Å². The van der Waals surface area contributed by atoms with Crippen molar-refractivity contribution < 1.29 is 13.6 Å². The fourth-order valence-electron chi connectivity index (χ4n) is 1.76. The maximum absolute atomic E-state index is 12.9. The summed E-state index contributed by atoms with van der Waals surface area (Å²) < 4.78 is 25.6. The maximum Gasteiger partial charge on any atom is 0.164 e. The van der Waals surface area contributed by atoms with E-state index in [9.17, 15) is 13.6 Å². The molecule has 19 heavy (non-hydrogen) atoms. The molecule has 0 aliphatic carbocycles. The molecule has 0 aliphatic heterocycles. The van der Waals surface area contributed by atoms with Gasteiger partial charge in [0.05, 0.1) is 5.02 Å². The Morgan fingerprint density at radius 1 is 1.00 bits per heavy atom. The highest BCUT2D eigenvalue weighted by Crippen LogP contribution is 2.19. The molecule has 2 aromatic rings. The second kappa shape index (κ2) is 5.93. The molecule has 2 aromatic carbocycles. The summed E-state index contributed by atoms with van der Waals surface area (Å²) in [7, 11) is 0. The molecule has 0 aromatic heterocycles. The van der Waals surface area contributed by atoms with E-state index in [1.165, 1.54) is 24.3 Å². The molecule has 4 heteroatoms. The van der Waals surface area contributed by atoms with Gasteiger partial charge in [-0.2, -0.15) is 0 Å². The molecule has 0 atom stereocenters. The fraction of sp³-hybridized carbons (Fsp3) is 0.133. The van der Waals surface area contributed by atoms with Crippen molar-refractivity contribution in [1.29, 1.82) is 0 Å². The number of ketones is 1. The number of halogens is 3. The predicted octanol–water partition coefficient (Wildman–Crippen LogP) is 4.43. The molecule has 98 valence electrons. The Kier molecular flexibility index (Phi) is 4.27. The first-order valence-electron chi connectivity index (χ1n) is 5.79. The third-order valence-corrected chi connectivity index (χ3v) is 3.10. The molecular weight excluding hydrogens is 270 g/mol. The van der Waals surface area contributed by atoms with E-state index in [-0.39, 0.29) is 23.0 Å². The number of hydrogen-bond donors (Lipinski definition) is 0. The van der Waals surface area contributed by atoms with Gasteiger partial charge in [0.1, 0.15) is 11.6 Å². The topological polar surface area (TPSA) is 17.1 Å². The molecule has 0 saturated heterocycles. The van der Waals surface area contributed by atoms with Crippen LogP contribution in [-0.2, 0) is 6.42 Å². The lowest BCUT2D eigenvalue weighted by molar-refractivity contribution is 0.0983. The number of benzene rings is 2. The van der Waals surface area contributed by atoms with Gasteiger partial charge in [0.25, 0.3) is 0 Å². The Hall–Kier alpha value is -1.74. The summed E-state index contributed by atoms with van der Waals surface area (Å²) in [6.45, 7) is 0. The second-order valence-electron chi connectivity index (χ2n) is 4.17. The maximum atomic E-state index is 12.9. The average molecular weight is 281 g/mol. The SMILES string of the molecule is O=C(CCc1ccc(F)cc1)c1ccc(F)cc1Cl. The number of rotatable bonds is 4. The highest BCUT2D eigenvalue weighted by molar-refractivity contribution is 6.33. The number of aryl methyl sites for hydroxylation is 1. The van der Waals surface area contributed by atoms with Crippen LogP contribution in [0.1, 0.15) is 22.3 Å². The number of Topliss-reactive ketones (excluding diaryl/α,β-unsaturated/α-hetero) is 1. The highest BCUT2D eigenvalue weighted by Gasteiger charge is 2.11. The van der Waals surface area contributed by atoms with E-state index in [1.54, 1.807) is 12.1 Å². The third-order valence-electron chi connectivity index (χ3n) is 2.79. The van der Waals surface area contributed by atoms with E-state index in [4.69, 9.17) is 11.6 Å². The molecule has 0 fully saturated rings. The van der Waals surface area contributed by atoms with Crippen LogP contribution in [0.5, 0.6) is 0 Å². The lowest BCUT2D eigenvalue weighted by atomic mass is 10.0. The molecule has 0 N–H and O–H groups in total. The van der Waals surface area contributed by atoms with Crippen molar-refractivity contribution in [1.82, 2.24) is 0 Å². The van der Waals surface area contributed by atoms with Gasteiger partial charge in [-0.3, -0.25) is 4.79 Å². The fourth-order valence-corrected chi connectivity index (χ4v) is 2.03. The van der Waals surface area contributed by atoms with Gasteiger partial charge in [-0.1, -0.05) is 23.7 Å². The van der Waals surface area contributed by atoms with Crippen molar-refractivity contribution in [2.45, 2.75) is 12.8 Å². The molecule has 0 heterocycles. The summed E-state index contributed by atoms with van der Waals surface area (Å²) in [6.07, 6.45) is 0.740. The summed E-state index contributed by atoms with van der Waals surface area (Å²) in [5, 5.41) is 0.115. The number of carbonyl (C=O) groups is 1. The van der Waals surface area contributed by atoms with Gasteiger partial charge in [-0.05, 0) is 42.3 Å². The van der Waals surface area contributed by atoms with Crippen molar-refractivity contribution in [2.75, 3.05) is 0 Å². The summed E-state index contributed by atoms with van der Waals surface area (Å²) in [6, 6.07) is 9.67. The Morgan fingerprint density at radius 2 is 1.63 bits per heavy atom. The van der Waals surface area contributed by atoms with Crippen LogP contribution in [0, 0.1) is 11.6 Å². The lowest BCUT2D eigenvalue weighted by Gasteiger charge is -2.04. The predicted molar refractivity (Wildman–Crippen MR) is 70.5 cm³/mol. The molecule has 0 unspecified atom stereocenters. The van der Waals surface area contributed by atoms with Gasteiger partial charge in [-0.15, -0.1) is 0 Å². The van der Waals surface area contributed by atoms with Crippen LogP contribution in [0.3, 0.4) is 0 Å². The van der Waals surface area contributed by atoms with Gasteiger partial charge >= 0.3 is 0 Å². The first-order valence-corrected chi connectivity index (χ1v) is 6.17. The van der Waals surface area contributed by atoms with E-state index >= 15 is 0 Å². The quantitative estimate of drug-likeness (QED) is 0.757. The summed E-state index contributed by atoms with van der Waals surface area (Å²) in [5.41, 5.74) is 1.18. The van der Waals surface area contributed by atoms with Crippen LogP contribution in [0.15, 0.2) is 42.5 Å². The van der Waals surface area contributed by atoms with Crippen LogP contribution >= 0.6 is 11.6 Å². The molecule has 0 spiro atoms. The van der Waals surface area contributed by atoms with Crippen LogP contribution in [-0.4, -0.2) is 5.78 Å². The zero-order chi connectivity index (χ0) is 13.8. The minimum atomic E-state index is -0.472. The largest absolute Gasteiger partial charge is 0.294 e. The molecule has 0 amide bonds. The lowest BCUT2D eigenvalue weighted by Crippen LogP contribution is -2.02. The van der Waals surface area contributed by atoms with E-state index in [0.717, 1.165) is 11.6 Å². The Bertz CT molecular complexity index is 594. The normalized spacial score (nSPS) is 10.5. The van der Waals surface area contributed by atoms with E-state index < -0.39 is 5.82 Å². The summed E-state index contributed by atoms with van der Waals surface area (Å²) in [4.78, 5) is 11.9. The second-order valence-corrected chi connectivity index (χ2v) is 4.58. The molecule has 0 saturated carbocycles. The van der Waals surface area contributed by atoms with Crippen molar-refractivity contribution in [2.24, 2.45) is 0 Å². The minimum Gasteiger partial charge on any atom is -0.294 e. The Labute approximate surface area is 114 Å². The monoisotopic (exact) mass is 280 g/mol. The smallest absolute Gasteiger partial charge is 0.164 e. The summed E-state index contributed by atoms with van der Waals surface area (Å²) >= 11 is 5.82. The van der Waals surface area contributed by atoms with Crippen molar-refractivity contribution in [3.05, 3.63) is 70.2 Å². The van der Waals surface area contributed by atoms with E-state index in [1.807, 2.05) is 0 Å². The van der Waals surface area contributed by atoms with Gasteiger partial charge in [-0.25, -0.2) is 8.78 Å². The van der Waals surface area contributed by atoms with E-state index in [2.05, 4.69) is 0 Å². The highest BCUT2D eigenvalue weighted by atomic mass is 35.5. The van der Waals surface area contributed by atoms with Crippen molar-refractivity contribution >= 4 is 17.4 Å². The minimum absolute atomic E-state index is 0.115. The Balaban J connectivity index is 2.03. The van der Waals surface area contributed by atoms with Crippen LogP contribution in [0.4, 0.5) is 8.78 Å². The molecule has 2 rings (SSSR count). The van der Waals surface area contributed by atoms with Gasteiger partial charge in [0.2, 0.25) is 0 Å². The Morgan fingerprint density at radius 3 is 2.26 bits per heavy atom. The summed E-state index contributed by atoms with van der Waals surface area (Å²) in [5.74, 6) is -0.939.